The molecule has 0 spiro atoms. The Morgan fingerprint density at radius 2 is 1.85 bits per heavy atom. The Balaban J connectivity index is 1.35. The SMILES string of the molecule is COc1ccc(OCC(=O)Nc2nnc(-c3ccc4c(c3)OCO4)o2)cc1. The maximum atomic E-state index is 12.0. The summed E-state index contributed by atoms with van der Waals surface area (Å²) in [6.07, 6.45) is 0. The van der Waals surface area contributed by atoms with Crippen molar-refractivity contribution in [3.8, 4) is 34.5 Å². The maximum Gasteiger partial charge on any atom is 0.322 e. The highest BCUT2D eigenvalue weighted by molar-refractivity contribution is 5.89. The van der Waals surface area contributed by atoms with Gasteiger partial charge in [0.15, 0.2) is 18.1 Å². The fraction of sp³-hybridized carbons (Fsp3) is 0.167. The highest BCUT2D eigenvalue weighted by atomic mass is 16.7. The molecular formula is C18H15N3O6. The van der Waals surface area contributed by atoms with Gasteiger partial charge in [-0.3, -0.25) is 10.1 Å². The summed E-state index contributed by atoms with van der Waals surface area (Å²) >= 11 is 0. The van der Waals surface area contributed by atoms with E-state index in [1.54, 1.807) is 49.6 Å². The predicted octanol–water partition coefficient (Wildman–Crippen LogP) is 2.49. The van der Waals surface area contributed by atoms with E-state index in [9.17, 15) is 4.79 Å². The standard InChI is InChI=1S/C18H15N3O6/c1-23-12-3-5-13(6-4-12)24-9-16(22)19-18-21-20-17(27-18)11-2-7-14-15(8-11)26-10-25-14/h2-8H,9-10H2,1H3,(H,19,21,22). The van der Waals surface area contributed by atoms with Crippen LogP contribution in [0.1, 0.15) is 0 Å². The van der Waals surface area contributed by atoms with Crippen LogP contribution in [-0.2, 0) is 4.79 Å². The van der Waals surface area contributed by atoms with Crippen LogP contribution >= 0.6 is 0 Å². The number of hydrogen-bond donors (Lipinski definition) is 1. The van der Waals surface area contributed by atoms with Crippen molar-refractivity contribution in [1.29, 1.82) is 0 Å². The van der Waals surface area contributed by atoms with Gasteiger partial charge in [-0.05, 0) is 42.5 Å². The van der Waals surface area contributed by atoms with Crippen molar-refractivity contribution in [1.82, 2.24) is 10.2 Å². The van der Waals surface area contributed by atoms with Crippen LogP contribution in [-0.4, -0.2) is 36.6 Å². The van der Waals surface area contributed by atoms with Crippen molar-refractivity contribution in [3.63, 3.8) is 0 Å². The van der Waals surface area contributed by atoms with Gasteiger partial charge in [0.25, 0.3) is 5.91 Å². The molecule has 1 aromatic heterocycles. The summed E-state index contributed by atoms with van der Waals surface area (Å²) in [4.78, 5) is 12.0. The molecule has 0 aliphatic carbocycles. The number of carbonyl (C=O) groups excluding carboxylic acids is 1. The lowest BCUT2D eigenvalue weighted by atomic mass is 10.2. The first-order valence-electron chi connectivity index (χ1n) is 8.01. The molecule has 27 heavy (non-hydrogen) atoms. The van der Waals surface area contributed by atoms with E-state index < -0.39 is 5.91 Å². The highest BCUT2D eigenvalue weighted by Crippen LogP contribution is 2.35. The molecule has 4 rings (SSSR count). The lowest BCUT2D eigenvalue weighted by Crippen LogP contribution is -2.20. The van der Waals surface area contributed by atoms with E-state index in [0.29, 0.717) is 28.6 Å². The quantitative estimate of drug-likeness (QED) is 0.707. The average molecular weight is 369 g/mol. The Morgan fingerprint density at radius 3 is 2.67 bits per heavy atom. The van der Waals surface area contributed by atoms with Gasteiger partial charge in [0.05, 0.1) is 7.11 Å². The molecule has 9 nitrogen and oxygen atoms in total. The predicted molar refractivity (Wildman–Crippen MR) is 93.0 cm³/mol. The van der Waals surface area contributed by atoms with Crippen LogP contribution in [0.2, 0.25) is 0 Å². The molecule has 0 fully saturated rings. The number of rotatable bonds is 6. The Morgan fingerprint density at radius 1 is 1.07 bits per heavy atom. The molecular weight excluding hydrogens is 354 g/mol. The lowest BCUT2D eigenvalue weighted by molar-refractivity contribution is -0.118. The molecule has 0 saturated heterocycles. The summed E-state index contributed by atoms with van der Waals surface area (Å²) in [5.41, 5.74) is 0.654. The van der Waals surface area contributed by atoms with E-state index >= 15 is 0 Å². The molecule has 0 bridgehead atoms. The van der Waals surface area contributed by atoms with E-state index in [-0.39, 0.29) is 25.3 Å². The summed E-state index contributed by atoms with van der Waals surface area (Å²) < 4.78 is 26.5. The average Bonchev–Trinajstić information content (AvgIpc) is 3.35. The van der Waals surface area contributed by atoms with Gasteiger partial charge < -0.3 is 23.4 Å². The molecule has 1 aliphatic rings. The maximum absolute atomic E-state index is 12.0. The Hall–Kier alpha value is -3.75. The fourth-order valence-electron chi connectivity index (χ4n) is 2.40. The molecule has 3 aromatic rings. The van der Waals surface area contributed by atoms with Gasteiger partial charge in [0.1, 0.15) is 11.5 Å². The van der Waals surface area contributed by atoms with Crippen molar-refractivity contribution in [2.45, 2.75) is 0 Å². The van der Waals surface area contributed by atoms with Gasteiger partial charge in [-0.2, -0.15) is 0 Å². The number of nitrogens with zero attached hydrogens (tertiary/aromatic N) is 2. The molecule has 2 heterocycles. The number of ether oxygens (including phenoxy) is 4. The van der Waals surface area contributed by atoms with E-state index in [2.05, 4.69) is 15.5 Å². The number of anilines is 1. The summed E-state index contributed by atoms with van der Waals surface area (Å²) in [5.74, 6) is 2.32. The number of carbonyl (C=O) groups is 1. The van der Waals surface area contributed by atoms with Crippen LogP contribution in [0.3, 0.4) is 0 Å². The second-order valence-corrected chi connectivity index (χ2v) is 5.49. The first kappa shape index (κ1) is 16.7. The van der Waals surface area contributed by atoms with Gasteiger partial charge in [-0.1, -0.05) is 5.10 Å². The van der Waals surface area contributed by atoms with E-state index in [1.807, 2.05) is 0 Å². The molecule has 0 unspecified atom stereocenters. The molecule has 0 radical (unpaired) electrons. The normalized spacial score (nSPS) is 11.9. The smallest absolute Gasteiger partial charge is 0.322 e. The van der Waals surface area contributed by atoms with Gasteiger partial charge in [-0.15, -0.1) is 5.10 Å². The molecule has 1 amide bonds. The van der Waals surface area contributed by atoms with Crippen LogP contribution < -0.4 is 24.3 Å². The number of methoxy groups -OCH3 is 1. The van der Waals surface area contributed by atoms with E-state index in [1.165, 1.54) is 0 Å². The summed E-state index contributed by atoms with van der Waals surface area (Å²) in [7, 11) is 1.57. The van der Waals surface area contributed by atoms with Crippen molar-refractivity contribution >= 4 is 11.9 Å². The zero-order valence-electron chi connectivity index (χ0n) is 14.3. The van der Waals surface area contributed by atoms with Gasteiger partial charge >= 0.3 is 6.01 Å². The van der Waals surface area contributed by atoms with Crippen molar-refractivity contribution in [3.05, 3.63) is 42.5 Å². The largest absolute Gasteiger partial charge is 0.497 e. The highest BCUT2D eigenvalue weighted by Gasteiger charge is 2.17. The Bertz CT molecular complexity index is 954. The first-order chi connectivity index (χ1) is 13.2. The molecule has 9 heteroatoms. The lowest BCUT2D eigenvalue weighted by Gasteiger charge is -2.06. The van der Waals surface area contributed by atoms with Gasteiger partial charge in [0, 0.05) is 5.56 Å². The molecule has 0 saturated carbocycles. The summed E-state index contributed by atoms with van der Waals surface area (Å²) in [6.45, 7) is -0.0216. The summed E-state index contributed by atoms with van der Waals surface area (Å²) in [6, 6.07) is 12.1. The number of aromatic nitrogens is 2. The first-order valence-corrected chi connectivity index (χ1v) is 8.01. The van der Waals surface area contributed by atoms with Gasteiger partial charge in [0.2, 0.25) is 12.7 Å². The molecule has 2 aromatic carbocycles. The second kappa shape index (κ2) is 7.24. The Labute approximate surface area is 153 Å². The fourth-order valence-corrected chi connectivity index (χ4v) is 2.40. The minimum absolute atomic E-state index is 0.0222. The number of benzene rings is 2. The van der Waals surface area contributed by atoms with E-state index in [0.717, 1.165) is 0 Å². The number of nitrogens with one attached hydrogen (secondary N) is 1. The minimum Gasteiger partial charge on any atom is -0.497 e. The van der Waals surface area contributed by atoms with Crippen molar-refractivity contribution in [2.75, 3.05) is 25.8 Å². The van der Waals surface area contributed by atoms with Crippen LogP contribution in [0, 0.1) is 0 Å². The van der Waals surface area contributed by atoms with Crippen molar-refractivity contribution in [2.24, 2.45) is 0 Å². The Kier molecular flexibility index (Phi) is 4.48. The van der Waals surface area contributed by atoms with Crippen LogP contribution in [0.25, 0.3) is 11.5 Å². The molecule has 1 aliphatic heterocycles. The number of fused-ring (bicyclic) bond motifs is 1. The number of hydrogen-bond acceptors (Lipinski definition) is 8. The van der Waals surface area contributed by atoms with Crippen molar-refractivity contribution < 1.29 is 28.2 Å². The zero-order valence-corrected chi connectivity index (χ0v) is 14.3. The third-order valence-electron chi connectivity index (χ3n) is 3.72. The van der Waals surface area contributed by atoms with Gasteiger partial charge in [-0.25, -0.2) is 0 Å². The molecule has 0 atom stereocenters. The third kappa shape index (κ3) is 3.76. The number of amides is 1. The van der Waals surface area contributed by atoms with Crippen LogP contribution in [0.4, 0.5) is 6.01 Å². The van der Waals surface area contributed by atoms with Crippen LogP contribution in [0.5, 0.6) is 23.0 Å². The minimum atomic E-state index is -0.424. The van der Waals surface area contributed by atoms with E-state index in [4.69, 9.17) is 23.4 Å². The second-order valence-electron chi connectivity index (χ2n) is 5.49. The molecule has 138 valence electrons. The topological polar surface area (TPSA) is 105 Å². The zero-order chi connectivity index (χ0) is 18.6. The van der Waals surface area contributed by atoms with Crippen LogP contribution in [0.15, 0.2) is 46.9 Å². The monoisotopic (exact) mass is 369 g/mol. The summed E-state index contributed by atoms with van der Waals surface area (Å²) in [5, 5.41) is 10.2. The third-order valence-corrected chi connectivity index (χ3v) is 3.72. The molecule has 1 N–H and O–H groups in total.